The molecule has 0 aromatic heterocycles. The number of likely N-dealkylation sites (tertiary alicyclic amines) is 1. The number of ketones is 1. The Hall–Kier alpha value is -4.53. The summed E-state index contributed by atoms with van der Waals surface area (Å²) >= 11 is 0. The fraction of sp³-hybridized carbons (Fsp3) is 0.639. The van der Waals surface area contributed by atoms with Crippen LogP contribution in [0.1, 0.15) is 93.2 Å². The number of primary amides is 1. The SMILES string of the molecule is CCCC(NC(=O)[C@@H]1C[C@@H](OC(C)(C)C)CN1C(=O)[C@@H](NC(=O)OCC(C)C)C(C)(C)C)C(=O)C(=O)NCC(=O)N[C@H](C(N)=O)c1ccccc1. The first-order valence-electron chi connectivity index (χ1n) is 17.3. The summed E-state index contributed by atoms with van der Waals surface area (Å²) in [6.07, 6.45) is -0.693. The van der Waals surface area contributed by atoms with Crippen LogP contribution >= 0.6 is 0 Å². The number of hydrogen-bond donors (Lipinski definition) is 5. The van der Waals surface area contributed by atoms with Crippen molar-refractivity contribution in [3.63, 3.8) is 0 Å². The monoisotopic (exact) mass is 716 g/mol. The first-order valence-corrected chi connectivity index (χ1v) is 17.3. The molecule has 5 atom stereocenters. The molecule has 2 rings (SSSR count). The highest BCUT2D eigenvalue weighted by atomic mass is 16.5. The van der Waals surface area contributed by atoms with Crippen molar-refractivity contribution in [2.75, 3.05) is 19.7 Å². The van der Waals surface area contributed by atoms with E-state index in [-0.39, 0.29) is 31.9 Å². The number of carbonyl (C=O) groups is 7. The summed E-state index contributed by atoms with van der Waals surface area (Å²) < 4.78 is 11.4. The van der Waals surface area contributed by atoms with Crippen molar-refractivity contribution >= 4 is 41.4 Å². The van der Waals surface area contributed by atoms with E-state index in [1.807, 2.05) is 34.6 Å². The van der Waals surface area contributed by atoms with Crippen LogP contribution in [-0.2, 0) is 38.2 Å². The third-order valence-electron chi connectivity index (χ3n) is 7.86. The van der Waals surface area contributed by atoms with Gasteiger partial charge < -0.3 is 41.4 Å². The van der Waals surface area contributed by atoms with Gasteiger partial charge in [-0.25, -0.2) is 4.79 Å². The van der Waals surface area contributed by atoms with Gasteiger partial charge in [-0.2, -0.15) is 0 Å². The van der Waals surface area contributed by atoms with Crippen LogP contribution in [0.2, 0.25) is 0 Å². The van der Waals surface area contributed by atoms with E-state index in [1.54, 1.807) is 58.0 Å². The van der Waals surface area contributed by atoms with E-state index in [0.29, 0.717) is 12.0 Å². The average Bonchev–Trinajstić information content (AvgIpc) is 3.45. The Balaban J connectivity index is 2.22. The molecule has 0 bridgehead atoms. The van der Waals surface area contributed by atoms with Crippen molar-refractivity contribution in [2.45, 2.75) is 117 Å². The van der Waals surface area contributed by atoms with Crippen LogP contribution in [0.25, 0.3) is 0 Å². The van der Waals surface area contributed by atoms with Gasteiger partial charge in [0.25, 0.3) is 5.91 Å². The summed E-state index contributed by atoms with van der Waals surface area (Å²) in [5.41, 5.74) is 4.51. The molecular formula is C36H56N6O9. The molecule has 6 amide bonds. The lowest BCUT2D eigenvalue weighted by atomic mass is 9.85. The van der Waals surface area contributed by atoms with Crippen molar-refractivity contribution in [2.24, 2.45) is 17.1 Å². The molecule has 1 heterocycles. The van der Waals surface area contributed by atoms with Crippen LogP contribution in [0.15, 0.2) is 30.3 Å². The predicted molar refractivity (Wildman–Crippen MR) is 189 cm³/mol. The molecule has 1 saturated heterocycles. The number of hydrogen-bond acceptors (Lipinski definition) is 9. The van der Waals surface area contributed by atoms with Crippen LogP contribution in [0.4, 0.5) is 4.79 Å². The molecule has 15 nitrogen and oxygen atoms in total. The fourth-order valence-corrected chi connectivity index (χ4v) is 5.50. The summed E-state index contributed by atoms with van der Waals surface area (Å²) in [4.78, 5) is 92.8. The second kappa shape index (κ2) is 18.6. The number of nitrogens with two attached hydrogens (primary N) is 1. The molecule has 1 aliphatic heterocycles. The van der Waals surface area contributed by atoms with E-state index in [1.165, 1.54) is 4.90 Å². The summed E-state index contributed by atoms with van der Waals surface area (Å²) in [6, 6.07) is 3.70. The zero-order chi connectivity index (χ0) is 38.7. The molecule has 51 heavy (non-hydrogen) atoms. The number of carbonyl (C=O) groups excluding carboxylic acids is 7. The normalized spacial score (nSPS) is 17.9. The van der Waals surface area contributed by atoms with Gasteiger partial charge in [-0.15, -0.1) is 0 Å². The van der Waals surface area contributed by atoms with E-state index in [9.17, 15) is 33.6 Å². The molecule has 15 heteroatoms. The van der Waals surface area contributed by atoms with Crippen molar-refractivity contribution in [1.29, 1.82) is 0 Å². The van der Waals surface area contributed by atoms with Gasteiger partial charge in [0, 0.05) is 13.0 Å². The summed E-state index contributed by atoms with van der Waals surface area (Å²) in [5.74, 6) is -4.82. The highest BCUT2D eigenvalue weighted by Gasteiger charge is 2.47. The number of Topliss-reactive ketones (excluding diaryl/α,β-unsaturated/α-hetero) is 1. The minimum absolute atomic E-state index is 0.0424. The molecule has 1 aromatic carbocycles. The van der Waals surface area contributed by atoms with E-state index >= 15 is 0 Å². The first kappa shape index (κ1) is 42.6. The molecule has 0 saturated carbocycles. The Morgan fingerprint density at radius 2 is 1.57 bits per heavy atom. The highest BCUT2D eigenvalue weighted by Crippen LogP contribution is 2.29. The third-order valence-corrected chi connectivity index (χ3v) is 7.86. The summed E-state index contributed by atoms with van der Waals surface area (Å²) in [7, 11) is 0. The summed E-state index contributed by atoms with van der Waals surface area (Å²) in [6.45, 7) is 16.0. The largest absolute Gasteiger partial charge is 0.449 e. The fourth-order valence-electron chi connectivity index (χ4n) is 5.50. The molecule has 0 aliphatic carbocycles. The molecule has 1 aliphatic rings. The Morgan fingerprint density at radius 3 is 2.10 bits per heavy atom. The zero-order valence-electron chi connectivity index (χ0n) is 31.3. The van der Waals surface area contributed by atoms with Gasteiger partial charge in [0.05, 0.1) is 30.9 Å². The maximum Gasteiger partial charge on any atom is 0.407 e. The Morgan fingerprint density at radius 1 is 0.941 bits per heavy atom. The number of nitrogens with zero attached hydrogens (tertiary/aromatic N) is 1. The number of amides is 6. The van der Waals surface area contributed by atoms with Crippen LogP contribution in [0, 0.1) is 11.3 Å². The van der Waals surface area contributed by atoms with Crippen LogP contribution in [-0.4, -0.2) is 95.8 Å². The molecule has 1 unspecified atom stereocenters. The minimum atomic E-state index is -1.27. The highest BCUT2D eigenvalue weighted by molar-refractivity contribution is 6.38. The number of nitrogens with one attached hydrogen (secondary N) is 4. The number of rotatable bonds is 16. The molecule has 1 aromatic rings. The summed E-state index contributed by atoms with van der Waals surface area (Å²) in [5, 5.41) is 9.99. The zero-order valence-corrected chi connectivity index (χ0v) is 31.3. The van der Waals surface area contributed by atoms with Crippen LogP contribution < -0.4 is 27.0 Å². The average molecular weight is 717 g/mol. The maximum atomic E-state index is 14.1. The van der Waals surface area contributed by atoms with Gasteiger partial charge in [-0.05, 0) is 44.1 Å². The Kier molecular flexibility index (Phi) is 15.6. The van der Waals surface area contributed by atoms with E-state index in [2.05, 4.69) is 21.3 Å². The van der Waals surface area contributed by atoms with Gasteiger partial charge >= 0.3 is 6.09 Å². The smallest absolute Gasteiger partial charge is 0.407 e. The molecule has 1 fully saturated rings. The van der Waals surface area contributed by atoms with Gasteiger partial charge in [-0.1, -0.05) is 78.3 Å². The first-order chi connectivity index (χ1) is 23.6. The number of benzene rings is 1. The quantitative estimate of drug-likeness (QED) is 0.158. The second-order valence-corrected chi connectivity index (χ2v) is 15.2. The lowest BCUT2D eigenvalue weighted by molar-refractivity contribution is -0.144. The van der Waals surface area contributed by atoms with E-state index in [4.69, 9.17) is 15.2 Å². The van der Waals surface area contributed by atoms with Crippen molar-refractivity contribution < 1.29 is 43.0 Å². The predicted octanol–water partition coefficient (Wildman–Crippen LogP) is 1.88. The molecular weight excluding hydrogens is 660 g/mol. The van der Waals surface area contributed by atoms with Gasteiger partial charge in [0.2, 0.25) is 29.4 Å². The third kappa shape index (κ3) is 13.6. The standard InChI is InChI=1S/C36H56N6O9/c1-10-14-24(28(44)32(47)38-18-26(43)40-27(30(37)45)22-15-12-11-13-16-22)39-31(46)25-17-23(51-36(7,8)9)19-42(25)33(48)29(35(4,5)6)41-34(49)50-20-21(2)3/h11-13,15-16,21,23-25,27,29H,10,14,17-20H2,1-9H3,(H2,37,45)(H,38,47)(H,39,46)(H,40,43)(H,41,49)/t23-,24?,25+,27+,29-/m1/s1. The van der Waals surface area contributed by atoms with Crippen LogP contribution in [0.3, 0.4) is 0 Å². The van der Waals surface area contributed by atoms with Gasteiger partial charge in [0.15, 0.2) is 0 Å². The lowest BCUT2D eigenvalue weighted by Crippen LogP contribution is -2.59. The lowest BCUT2D eigenvalue weighted by Gasteiger charge is -2.35. The molecule has 284 valence electrons. The van der Waals surface area contributed by atoms with Crippen molar-refractivity contribution in [1.82, 2.24) is 26.2 Å². The van der Waals surface area contributed by atoms with Gasteiger partial charge in [0.1, 0.15) is 18.1 Å². The molecule has 0 radical (unpaired) electrons. The minimum Gasteiger partial charge on any atom is -0.449 e. The number of ether oxygens (including phenoxy) is 2. The maximum absolute atomic E-state index is 14.1. The molecule has 6 N–H and O–H groups in total. The number of alkyl carbamates (subject to hydrolysis) is 1. The van der Waals surface area contributed by atoms with Crippen molar-refractivity contribution in [3.8, 4) is 0 Å². The topological polar surface area (TPSA) is 215 Å². The van der Waals surface area contributed by atoms with E-state index in [0.717, 1.165) is 0 Å². The van der Waals surface area contributed by atoms with Crippen molar-refractivity contribution in [3.05, 3.63) is 35.9 Å². The Labute approximate surface area is 300 Å². The van der Waals surface area contributed by atoms with E-state index < -0.39 is 89.2 Å². The second-order valence-electron chi connectivity index (χ2n) is 15.2. The Bertz CT molecular complexity index is 1400. The van der Waals surface area contributed by atoms with Crippen LogP contribution in [0.5, 0.6) is 0 Å². The van der Waals surface area contributed by atoms with Gasteiger partial charge in [-0.3, -0.25) is 28.8 Å². The molecule has 0 spiro atoms.